The van der Waals surface area contributed by atoms with Crippen LogP contribution in [0.15, 0.2) is 54.0 Å². The Morgan fingerprint density at radius 2 is 2.03 bits per heavy atom. The molecule has 178 valence electrons. The number of aromatic nitrogens is 3. The average molecular weight is 483 g/mol. The number of sulfonamides is 1. The van der Waals surface area contributed by atoms with Crippen molar-refractivity contribution in [1.29, 1.82) is 5.41 Å². The van der Waals surface area contributed by atoms with Crippen molar-refractivity contribution in [3.05, 3.63) is 60.2 Å². The second-order valence-corrected chi connectivity index (χ2v) is 10.5. The van der Waals surface area contributed by atoms with Gasteiger partial charge in [-0.3, -0.25) is 14.1 Å². The van der Waals surface area contributed by atoms with E-state index in [1.165, 1.54) is 10.6 Å². The van der Waals surface area contributed by atoms with Crippen LogP contribution in [0.25, 0.3) is 11.2 Å². The SMILES string of the molecule is CC(C)(C)OC(=O)N1CC=C(c2cnc(C=N)c(NS(=O)(=O)c3cnc4ccccn34)c2)CC1. The van der Waals surface area contributed by atoms with E-state index in [0.29, 0.717) is 30.7 Å². The first-order valence-corrected chi connectivity index (χ1v) is 12.2. The molecular weight excluding hydrogens is 456 g/mol. The molecule has 1 aliphatic rings. The lowest BCUT2D eigenvalue weighted by molar-refractivity contribution is 0.0270. The molecule has 0 unspecified atom stereocenters. The molecule has 0 aromatic carbocycles. The molecule has 0 spiro atoms. The second kappa shape index (κ2) is 8.90. The summed E-state index contributed by atoms with van der Waals surface area (Å²) in [4.78, 5) is 22.3. The Bertz CT molecular complexity index is 1390. The molecule has 1 amide bonds. The fourth-order valence-corrected chi connectivity index (χ4v) is 4.74. The summed E-state index contributed by atoms with van der Waals surface area (Å²) in [6.07, 6.45) is 7.58. The summed E-state index contributed by atoms with van der Waals surface area (Å²) in [7, 11) is -4.00. The van der Waals surface area contributed by atoms with Crippen LogP contribution in [-0.2, 0) is 14.8 Å². The van der Waals surface area contributed by atoms with Gasteiger partial charge in [-0.2, -0.15) is 8.42 Å². The highest BCUT2D eigenvalue weighted by Crippen LogP contribution is 2.27. The molecule has 10 nitrogen and oxygen atoms in total. The molecule has 0 aliphatic carbocycles. The summed E-state index contributed by atoms with van der Waals surface area (Å²) < 4.78 is 35.7. The molecule has 4 heterocycles. The van der Waals surface area contributed by atoms with E-state index >= 15 is 0 Å². The number of anilines is 1. The summed E-state index contributed by atoms with van der Waals surface area (Å²) in [5.74, 6) is 0. The van der Waals surface area contributed by atoms with E-state index < -0.39 is 15.6 Å². The topological polar surface area (TPSA) is 130 Å². The van der Waals surface area contributed by atoms with Crippen LogP contribution in [0.2, 0.25) is 0 Å². The van der Waals surface area contributed by atoms with Gasteiger partial charge in [-0.25, -0.2) is 9.78 Å². The first kappa shape index (κ1) is 23.4. The molecule has 0 atom stereocenters. The number of rotatable bonds is 5. The highest BCUT2D eigenvalue weighted by Gasteiger charge is 2.25. The predicted molar refractivity (Wildman–Crippen MR) is 129 cm³/mol. The van der Waals surface area contributed by atoms with Gasteiger partial charge in [0.25, 0.3) is 10.0 Å². The van der Waals surface area contributed by atoms with Gasteiger partial charge in [0.05, 0.1) is 11.9 Å². The summed E-state index contributed by atoms with van der Waals surface area (Å²) in [5, 5.41) is 7.63. The van der Waals surface area contributed by atoms with Crippen LogP contribution in [0, 0.1) is 5.41 Å². The molecule has 11 heteroatoms. The van der Waals surface area contributed by atoms with Gasteiger partial charge in [-0.1, -0.05) is 12.1 Å². The van der Waals surface area contributed by atoms with Crippen molar-refractivity contribution < 1.29 is 17.9 Å². The summed E-state index contributed by atoms with van der Waals surface area (Å²) in [6, 6.07) is 6.85. The van der Waals surface area contributed by atoms with Crippen LogP contribution in [0.1, 0.15) is 38.4 Å². The van der Waals surface area contributed by atoms with Crippen molar-refractivity contribution in [2.75, 3.05) is 17.8 Å². The molecule has 4 rings (SSSR count). The van der Waals surface area contributed by atoms with E-state index in [1.807, 2.05) is 26.8 Å². The molecule has 0 fully saturated rings. The number of nitrogens with zero attached hydrogens (tertiary/aromatic N) is 4. The third-order valence-corrected chi connectivity index (χ3v) is 6.53. The lowest BCUT2D eigenvalue weighted by Gasteiger charge is -2.29. The molecule has 34 heavy (non-hydrogen) atoms. The number of nitrogens with one attached hydrogen (secondary N) is 2. The van der Waals surface area contributed by atoms with Crippen molar-refractivity contribution in [1.82, 2.24) is 19.3 Å². The Morgan fingerprint density at radius 3 is 2.71 bits per heavy atom. The molecule has 0 radical (unpaired) electrons. The molecule has 0 saturated heterocycles. The number of pyridine rings is 2. The molecule has 0 bridgehead atoms. The number of ether oxygens (including phenoxy) is 1. The van der Waals surface area contributed by atoms with Crippen molar-refractivity contribution >= 4 is 39.2 Å². The molecule has 3 aromatic rings. The number of imidazole rings is 1. The monoisotopic (exact) mass is 482 g/mol. The zero-order valence-corrected chi connectivity index (χ0v) is 20.0. The number of amides is 1. The number of carbonyl (C=O) groups excluding carboxylic acids is 1. The highest BCUT2D eigenvalue weighted by atomic mass is 32.2. The summed E-state index contributed by atoms with van der Waals surface area (Å²) in [5.41, 5.74) is 1.95. The number of fused-ring (bicyclic) bond motifs is 1. The maximum atomic E-state index is 13.1. The minimum absolute atomic E-state index is 0.0191. The van der Waals surface area contributed by atoms with Crippen LogP contribution < -0.4 is 4.72 Å². The van der Waals surface area contributed by atoms with Crippen LogP contribution in [0.4, 0.5) is 10.5 Å². The van der Waals surface area contributed by atoms with Gasteiger partial charge in [0.15, 0.2) is 5.03 Å². The quantitative estimate of drug-likeness (QED) is 0.535. The van der Waals surface area contributed by atoms with Gasteiger partial charge in [0.2, 0.25) is 0 Å². The smallest absolute Gasteiger partial charge is 0.410 e. The summed E-state index contributed by atoms with van der Waals surface area (Å²) in [6.45, 7) is 6.31. The third kappa shape index (κ3) is 4.93. The zero-order valence-electron chi connectivity index (χ0n) is 19.1. The van der Waals surface area contributed by atoms with E-state index in [-0.39, 0.29) is 22.5 Å². The van der Waals surface area contributed by atoms with Crippen LogP contribution in [-0.4, -0.2) is 58.7 Å². The Labute approximate surface area is 197 Å². The minimum atomic E-state index is -4.00. The molecule has 2 N–H and O–H groups in total. The van der Waals surface area contributed by atoms with Crippen LogP contribution >= 0.6 is 0 Å². The number of carbonyl (C=O) groups is 1. The van der Waals surface area contributed by atoms with Crippen LogP contribution in [0.3, 0.4) is 0 Å². The van der Waals surface area contributed by atoms with Crippen LogP contribution in [0.5, 0.6) is 0 Å². The molecule has 1 aliphatic heterocycles. The van der Waals surface area contributed by atoms with Gasteiger partial charge in [0, 0.05) is 31.7 Å². The number of hydrogen-bond acceptors (Lipinski definition) is 7. The van der Waals surface area contributed by atoms with E-state index in [1.54, 1.807) is 41.6 Å². The fraction of sp³-hybridized carbons (Fsp3) is 0.304. The van der Waals surface area contributed by atoms with Crippen molar-refractivity contribution in [3.63, 3.8) is 0 Å². The van der Waals surface area contributed by atoms with Gasteiger partial charge >= 0.3 is 6.09 Å². The third-order valence-electron chi connectivity index (χ3n) is 5.19. The number of hydrogen-bond donors (Lipinski definition) is 2. The van der Waals surface area contributed by atoms with E-state index in [0.717, 1.165) is 11.8 Å². The van der Waals surface area contributed by atoms with Gasteiger partial charge in [-0.15, -0.1) is 0 Å². The van der Waals surface area contributed by atoms with Gasteiger partial charge in [-0.05, 0) is 56.5 Å². The van der Waals surface area contributed by atoms with Crippen molar-refractivity contribution in [2.24, 2.45) is 0 Å². The fourth-order valence-electron chi connectivity index (χ4n) is 3.58. The normalized spacial score (nSPS) is 14.6. The predicted octanol–water partition coefficient (Wildman–Crippen LogP) is 3.55. The van der Waals surface area contributed by atoms with Gasteiger partial charge in [0.1, 0.15) is 16.9 Å². The summed E-state index contributed by atoms with van der Waals surface area (Å²) >= 11 is 0. The Kier molecular flexibility index (Phi) is 6.13. The Morgan fingerprint density at radius 1 is 1.24 bits per heavy atom. The molecule has 3 aromatic heterocycles. The van der Waals surface area contributed by atoms with Gasteiger partial charge < -0.3 is 15.0 Å². The maximum absolute atomic E-state index is 13.1. The zero-order chi connectivity index (χ0) is 24.5. The van der Waals surface area contributed by atoms with E-state index in [9.17, 15) is 13.2 Å². The average Bonchev–Trinajstić information content (AvgIpc) is 3.23. The maximum Gasteiger partial charge on any atom is 0.410 e. The largest absolute Gasteiger partial charge is 0.444 e. The van der Waals surface area contributed by atoms with Crippen molar-refractivity contribution in [2.45, 2.75) is 37.8 Å². The van der Waals surface area contributed by atoms with E-state index in [2.05, 4.69) is 14.7 Å². The second-order valence-electron chi connectivity index (χ2n) is 8.84. The lowest BCUT2D eigenvalue weighted by atomic mass is 10.0. The Balaban J connectivity index is 1.58. The highest BCUT2D eigenvalue weighted by molar-refractivity contribution is 7.92. The Hall–Kier alpha value is -3.73. The van der Waals surface area contributed by atoms with E-state index in [4.69, 9.17) is 10.1 Å². The van der Waals surface area contributed by atoms with Crippen molar-refractivity contribution in [3.8, 4) is 0 Å². The lowest BCUT2D eigenvalue weighted by Crippen LogP contribution is -2.39. The first-order chi connectivity index (χ1) is 16.1. The first-order valence-electron chi connectivity index (χ1n) is 10.7. The molecule has 0 saturated carbocycles. The minimum Gasteiger partial charge on any atom is -0.444 e. The molecular formula is C23H26N6O4S. The standard InChI is InChI=1S/C23H26N6O4S/c1-23(2,3)33-22(30)28-10-7-16(8-11-28)17-12-18(19(13-24)25-14-17)27-34(31,32)21-15-26-20-6-4-5-9-29(20)21/h4-7,9,12-15,24,27H,8,10-11H2,1-3H3.